The number of hydrogen-bond acceptors (Lipinski definition) is 3. The molecule has 0 unspecified atom stereocenters. The van der Waals surface area contributed by atoms with Crippen LogP contribution in [-0.2, 0) is 13.1 Å². The van der Waals surface area contributed by atoms with Crippen LogP contribution in [0.3, 0.4) is 0 Å². The summed E-state index contributed by atoms with van der Waals surface area (Å²) in [5.41, 5.74) is 6.72. The molecular weight excluding hydrogens is 188 g/mol. The summed E-state index contributed by atoms with van der Waals surface area (Å²) in [7, 11) is 2.11. The van der Waals surface area contributed by atoms with E-state index in [4.69, 9.17) is 10.2 Å². The fourth-order valence-electron chi connectivity index (χ4n) is 1.82. The van der Waals surface area contributed by atoms with Gasteiger partial charge in [0.25, 0.3) is 0 Å². The van der Waals surface area contributed by atoms with Crippen LogP contribution in [-0.4, -0.2) is 18.5 Å². The van der Waals surface area contributed by atoms with Crippen molar-refractivity contribution in [1.29, 1.82) is 0 Å². The van der Waals surface area contributed by atoms with Crippen LogP contribution >= 0.6 is 0 Å². The Labute approximate surface area is 92.2 Å². The summed E-state index contributed by atoms with van der Waals surface area (Å²) in [4.78, 5) is 2.27. The molecule has 0 aliphatic rings. The monoisotopic (exact) mass is 210 g/mol. The zero-order chi connectivity index (χ0) is 11.4. The molecule has 1 aromatic rings. The van der Waals surface area contributed by atoms with E-state index >= 15 is 0 Å². The molecule has 0 saturated heterocycles. The molecule has 1 rings (SSSR count). The van der Waals surface area contributed by atoms with Crippen molar-refractivity contribution in [3.05, 3.63) is 23.2 Å². The van der Waals surface area contributed by atoms with Crippen molar-refractivity contribution in [2.24, 2.45) is 11.7 Å². The molecule has 0 aliphatic carbocycles. The second-order valence-corrected chi connectivity index (χ2v) is 4.59. The van der Waals surface area contributed by atoms with E-state index in [0.29, 0.717) is 12.5 Å². The Hall–Kier alpha value is -0.800. The van der Waals surface area contributed by atoms with Gasteiger partial charge < -0.3 is 10.2 Å². The topological polar surface area (TPSA) is 42.4 Å². The quantitative estimate of drug-likeness (QED) is 0.809. The molecule has 2 N–H and O–H groups in total. The molecule has 1 heterocycles. The van der Waals surface area contributed by atoms with E-state index in [1.54, 1.807) is 0 Å². The van der Waals surface area contributed by atoms with Gasteiger partial charge in [-0.3, -0.25) is 4.90 Å². The number of aryl methyl sites for hydroxylation is 1. The second-order valence-electron chi connectivity index (χ2n) is 4.59. The third-order valence-corrected chi connectivity index (χ3v) is 2.39. The van der Waals surface area contributed by atoms with Crippen LogP contribution in [0.4, 0.5) is 0 Å². The standard InChI is InChI=1S/C12H22N2O/c1-9(2)7-14(4)8-12-5-11(6-13)10(3)15-12/h5,9H,6-8,13H2,1-4H3. The highest BCUT2D eigenvalue weighted by molar-refractivity contribution is 5.20. The van der Waals surface area contributed by atoms with Crippen LogP contribution in [0, 0.1) is 12.8 Å². The van der Waals surface area contributed by atoms with Gasteiger partial charge in [0.05, 0.1) is 6.54 Å². The Morgan fingerprint density at radius 2 is 2.13 bits per heavy atom. The van der Waals surface area contributed by atoms with Crippen LogP contribution in [0.2, 0.25) is 0 Å². The van der Waals surface area contributed by atoms with Gasteiger partial charge in [-0.15, -0.1) is 0 Å². The molecular formula is C12H22N2O. The van der Waals surface area contributed by atoms with Crippen molar-refractivity contribution in [1.82, 2.24) is 4.90 Å². The van der Waals surface area contributed by atoms with Crippen molar-refractivity contribution in [2.45, 2.75) is 33.9 Å². The van der Waals surface area contributed by atoms with Crippen LogP contribution in [0.15, 0.2) is 10.5 Å². The second kappa shape index (κ2) is 5.33. The van der Waals surface area contributed by atoms with E-state index in [2.05, 4.69) is 31.9 Å². The van der Waals surface area contributed by atoms with Crippen molar-refractivity contribution < 1.29 is 4.42 Å². The molecule has 0 bridgehead atoms. The highest BCUT2D eigenvalue weighted by Gasteiger charge is 2.09. The molecule has 0 radical (unpaired) electrons. The van der Waals surface area contributed by atoms with E-state index in [1.165, 1.54) is 0 Å². The summed E-state index contributed by atoms with van der Waals surface area (Å²) in [6.07, 6.45) is 0. The lowest BCUT2D eigenvalue weighted by atomic mass is 10.2. The smallest absolute Gasteiger partial charge is 0.118 e. The summed E-state index contributed by atoms with van der Waals surface area (Å²) in [6.45, 7) is 8.90. The van der Waals surface area contributed by atoms with Gasteiger partial charge in [-0.25, -0.2) is 0 Å². The Kier molecular flexibility index (Phi) is 4.36. The minimum atomic E-state index is 0.559. The molecule has 0 fully saturated rings. The number of hydrogen-bond donors (Lipinski definition) is 1. The van der Waals surface area contributed by atoms with Crippen LogP contribution in [0.5, 0.6) is 0 Å². The Morgan fingerprint density at radius 3 is 2.60 bits per heavy atom. The predicted octanol–water partition coefficient (Wildman–Crippen LogP) is 2.13. The van der Waals surface area contributed by atoms with Gasteiger partial charge in [0.15, 0.2) is 0 Å². The number of rotatable bonds is 5. The first kappa shape index (κ1) is 12.3. The lowest BCUT2D eigenvalue weighted by Gasteiger charge is -2.17. The third-order valence-electron chi connectivity index (χ3n) is 2.39. The van der Waals surface area contributed by atoms with Crippen molar-refractivity contribution in [3.63, 3.8) is 0 Å². The molecule has 1 aromatic heterocycles. The predicted molar refractivity (Wildman–Crippen MR) is 62.5 cm³/mol. The van der Waals surface area contributed by atoms with E-state index in [0.717, 1.165) is 30.2 Å². The third kappa shape index (κ3) is 3.68. The highest BCUT2D eigenvalue weighted by atomic mass is 16.3. The maximum atomic E-state index is 5.64. The van der Waals surface area contributed by atoms with Crippen LogP contribution in [0.1, 0.15) is 30.9 Å². The minimum absolute atomic E-state index is 0.559. The first-order valence-corrected chi connectivity index (χ1v) is 5.49. The summed E-state index contributed by atoms with van der Waals surface area (Å²) in [5.74, 6) is 2.64. The van der Waals surface area contributed by atoms with Gasteiger partial charge in [-0.05, 0) is 26.0 Å². The molecule has 0 atom stereocenters. The van der Waals surface area contributed by atoms with E-state index < -0.39 is 0 Å². The van der Waals surface area contributed by atoms with Crippen LogP contribution < -0.4 is 5.73 Å². The zero-order valence-electron chi connectivity index (χ0n) is 10.2. The first-order valence-electron chi connectivity index (χ1n) is 5.49. The molecule has 3 nitrogen and oxygen atoms in total. The largest absolute Gasteiger partial charge is 0.465 e. The molecule has 0 amide bonds. The number of nitrogens with zero attached hydrogens (tertiary/aromatic N) is 1. The Bertz CT molecular complexity index is 305. The highest BCUT2D eigenvalue weighted by Crippen LogP contribution is 2.15. The van der Waals surface area contributed by atoms with Gasteiger partial charge in [0, 0.05) is 18.7 Å². The summed E-state index contributed by atoms with van der Waals surface area (Å²) < 4.78 is 5.64. The average Bonchev–Trinajstić information content (AvgIpc) is 2.44. The van der Waals surface area contributed by atoms with E-state index in [-0.39, 0.29) is 0 Å². The SMILES string of the molecule is Cc1oc(CN(C)CC(C)C)cc1CN. The lowest BCUT2D eigenvalue weighted by Crippen LogP contribution is -2.22. The van der Waals surface area contributed by atoms with Gasteiger partial charge in [0.2, 0.25) is 0 Å². The Morgan fingerprint density at radius 1 is 1.47 bits per heavy atom. The van der Waals surface area contributed by atoms with Gasteiger partial charge >= 0.3 is 0 Å². The summed E-state index contributed by atoms with van der Waals surface area (Å²) in [6, 6.07) is 2.06. The van der Waals surface area contributed by atoms with Gasteiger partial charge in [-0.2, -0.15) is 0 Å². The number of furan rings is 1. The first-order chi connectivity index (χ1) is 7.02. The average molecular weight is 210 g/mol. The maximum Gasteiger partial charge on any atom is 0.118 e. The maximum absolute atomic E-state index is 5.64. The van der Waals surface area contributed by atoms with Gasteiger partial charge in [-0.1, -0.05) is 13.8 Å². The normalized spacial score (nSPS) is 11.7. The minimum Gasteiger partial charge on any atom is -0.465 e. The molecule has 3 heteroatoms. The molecule has 0 aliphatic heterocycles. The molecule has 0 saturated carbocycles. The lowest BCUT2D eigenvalue weighted by molar-refractivity contribution is 0.263. The van der Waals surface area contributed by atoms with Crippen LogP contribution in [0.25, 0.3) is 0 Å². The summed E-state index contributed by atoms with van der Waals surface area (Å²) in [5, 5.41) is 0. The molecule has 15 heavy (non-hydrogen) atoms. The van der Waals surface area contributed by atoms with Crippen molar-refractivity contribution in [2.75, 3.05) is 13.6 Å². The van der Waals surface area contributed by atoms with Crippen molar-refractivity contribution >= 4 is 0 Å². The molecule has 0 spiro atoms. The van der Waals surface area contributed by atoms with E-state index in [1.807, 2.05) is 6.92 Å². The molecule has 0 aromatic carbocycles. The Balaban J connectivity index is 2.56. The molecule has 86 valence electrons. The number of nitrogens with two attached hydrogens (primary N) is 1. The zero-order valence-corrected chi connectivity index (χ0v) is 10.2. The van der Waals surface area contributed by atoms with E-state index in [9.17, 15) is 0 Å². The fraction of sp³-hybridized carbons (Fsp3) is 0.667. The van der Waals surface area contributed by atoms with Crippen molar-refractivity contribution in [3.8, 4) is 0 Å². The van der Waals surface area contributed by atoms with Gasteiger partial charge in [0.1, 0.15) is 11.5 Å². The fourth-order valence-corrected chi connectivity index (χ4v) is 1.82. The summed E-state index contributed by atoms with van der Waals surface area (Å²) >= 11 is 0.